The molecule has 0 aromatic carbocycles. The zero-order valence-corrected chi connectivity index (χ0v) is 11.2. The van der Waals surface area contributed by atoms with Crippen molar-refractivity contribution in [2.24, 2.45) is 12.8 Å². The topological polar surface area (TPSA) is 93.2 Å². The van der Waals surface area contributed by atoms with Crippen LogP contribution in [0.5, 0.6) is 0 Å². The fraction of sp³-hybridized carbons (Fsp3) is 0.583. The number of hydrogen-bond donors (Lipinski definition) is 2. The Hall–Kier alpha value is -1.89. The molecule has 0 radical (unpaired) electrons. The van der Waals surface area contributed by atoms with Gasteiger partial charge >= 0.3 is 0 Å². The van der Waals surface area contributed by atoms with Crippen LogP contribution in [0.3, 0.4) is 0 Å². The van der Waals surface area contributed by atoms with Crippen LogP contribution < -0.4 is 11.1 Å². The first kappa shape index (κ1) is 13.5. The van der Waals surface area contributed by atoms with E-state index in [0.29, 0.717) is 5.69 Å². The summed E-state index contributed by atoms with van der Waals surface area (Å²) in [5.41, 5.74) is 5.60. The van der Waals surface area contributed by atoms with Gasteiger partial charge in [0.25, 0.3) is 11.8 Å². The molecule has 2 amide bonds. The molecule has 7 nitrogen and oxygen atoms in total. The monoisotopic (exact) mass is 265 g/mol. The van der Waals surface area contributed by atoms with Crippen LogP contribution in [-0.4, -0.2) is 52.7 Å². The first-order valence-corrected chi connectivity index (χ1v) is 6.30. The summed E-state index contributed by atoms with van der Waals surface area (Å²) in [6.45, 7) is 1.90. The summed E-state index contributed by atoms with van der Waals surface area (Å²) >= 11 is 0. The number of aryl methyl sites for hydroxylation is 1. The van der Waals surface area contributed by atoms with E-state index in [4.69, 9.17) is 5.73 Å². The maximum atomic E-state index is 12.1. The molecule has 3 N–H and O–H groups in total. The molecule has 0 aliphatic carbocycles. The van der Waals surface area contributed by atoms with Gasteiger partial charge in [0.15, 0.2) is 5.69 Å². The number of amides is 2. The number of nitrogens with zero attached hydrogens (tertiary/aromatic N) is 3. The lowest BCUT2D eigenvalue weighted by Crippen LogP contribution is -2.46. The van der Waals surface area contributed by atoms with Crippen LogP contribution in [0.2, 0.25) is 0 Å². The minimum Gasteiger partial charge on any atom is -0.364 e. The quantitative estimate of drug-likeness (QED) is 0.759. The predicted octanol–water partition coefficient (Wildman–Crippen LogP) is -0.657. The molecule has 0 saturated carbocycles. The standard InChI is InChI=1S/C12H19N5O2/c1-16-5-3-4-8(7-16)14-12(19)10-6-9(11(13)18)15-17(10)2/h6,8H,3-5,7H2,1-2H3,(H2,13,18)(H,14,19). The average molecular weight is 265 g/mol. The van der Waals surface area contributed by atoms with Crippen LogP contribution in [0, 0.1) is 0 Å². The molecule has 0 bridgehead atoms. The number of nitrogens with two attached hydrogens (primary N) is 1. The highest BCUT2D eigenvalue weighted by Crippen LogP contribution is 2.09. The van der Waals surface area contributed by atoms with Gasteiger partial charge in [0.05, 0.1) is 0 Å². The van der Waals surface area contributed by atoms with Gasteiger partial charge in [-0.3, -0.25) is 14.3 Å². The van der Waals surface area contributed by atoms with Crippen molar-refractivity contribution in [2.75, 3.05) is 20.1 Å². The van der Waals surface area contributed by atoms with Crippen molar-refractivity contribution in [3.05, 3.63) is 17.5 Å². The smallest absolute Gasteiger partial charge is 0.269 e. The van der Waals surface area contributed by atoms with E-state index in [1.54, 1.807) is 7.05 Å². The second-order valence-corrected chi connectivity index (χ2v) is 4.98. The number of nitrogens with one attached hydrogen (secondary N) is 1. The summed E-state index contributed by atoms with van der Waals surface area (Å²) in [7, 11) is 3.65. The maximum Gasteiger partial charge on any atom is 0.269 e. The van der Waals surface area contributed by atoms with Gasteiger partial charge < -0.3 is 16.0 Å². The summed E-state index contributed by atoms with van der Waals surface area (Å²) in [5, 5.41) is 6.88. The Kier molecular flexibility index (Phi) is 3.84. The largest absolute Gasteiger partial charge is 0.364 e. The van der Waals surface area contributed by atoms with E-state index < -0.39 is 5.91 Å². The lowest BCUT2D eigenvalue weighted by atomic mass is 10.1. The molecule has 1 aromatic rings. The summed E-state index contributed by atoms with van der Waals surface area (Å²) in [6, 6.07) is 1.56. The summed E-state index contributed by atoms with van der Waals surface area (Å²) in [6.07, 6.45) is 2.04. The summed E-state index contributed by atoms with van der Waals surface area (Å²) < 4.78 is 1.38. The molecule has 104 valence electrons. The first-order chi connectivity index (χ1) is 8.97. The fourth-order valence-electron chi connectivity index (χ4n) is 2.34. The van der Waals surface area contributed by atoms with E-state index in [1.165, 1.54) is 10.7 Å². The van der Waals surface area contributed by atoms with E-state index in [1.807, 2.05) is 7.05 Å². The Labute approximate surface area is 111 Å². The van der Waals surface area contributed by atoms with E-state index in [0.717, 1.165) is 25.9 Å². The molecule has 1 aromatic heterocycles. The summed E-state index contributed by atoms with van der Waals surface area (Å²) in [5.74, 6) is -0.852. The number of likely N-dealkylation sites (tertiary alicyclic amines) is 1. The van der Waals surface area contributed by atoms with Crippen molar-refractivity contribution >= 4 is 11.8 Å². The highest BCUT2D eigenvalue weighted by Gasteiger charge is 2.22. The molecule has 0 spiro atoms. The second-order valence-electron chi connectivity index (χ2n) is 4.98. The highest BCUT2D eigenvalue weighted by atomic mass is 16.2. The SMILES string of the molecule is CN1CCCC(NC(=O)c2cc(C(N)=O)nn2C)C1. The third-order valence-electron chi connectivity index (χ3n) is 3.32. The number of piperidine rings is 1. The molecule has 19 heavy (non-hydrogen) atoms. The van der Waals surface area contributed by atoms with Crippen molar-refractivity contribution in [3.63, 3.8) is 0 Å². The molecule has 1 aliphatic heterocycles. The lowest BCUT2D eigenvalue weighted by Gasteiger charge is -2.30. The molecule has 7 heteroatoms. The van der Waals surface area contributed by atoms with Crippen LogP contribution in [-0.2, 0) is 7.05 Å². The maximum absolute atomic E-state index is 12.1. The van der Waals surface area contributed by atoms with Crippen molar-refractivity contribution < 1.29 is 9.59 Å². The van der Waals surface area contributed by atoms with Gasteiger partial charge in [-0.05, 0) is 26.4 Å². The number of carbonyl (C=O) groups is 2. The molecular weight excluding hydrogens is 246 g/mol. The molecule has 2 heterocycles. The van der Waals surface area contributed by atoms with E-state index in [-0.39, 0.29) is 17.6 Å². The zero-order chi connectivity index (χ0) is 14.0. The minimum atomic E-state index is -0.632. The number of carbonyl (C=O) groups excluding carboxylic acids is 2. The number of likely N-dealkylation sites (N-methyl/N-ethyl adjacent to an activating group) is 1. The van der Waals surface area contributed by atoms with Crippen LogP contribution >= 0.6 is 0 Å². The Balaban J connectivity index is 2.05. The Bertz CT molecular complexity index is 496. The van der Waals surface area contributed by atoms with E-state index in [2.05, 4.69) is 15.3 Å². The highest BCUT2D eigenvalue weighted by molar-refractivity contribution is 5.97. The molecular formula is C12H19N5O2. The normalized spacial score (nSPS) is 20.2. The van der Waals surface area contributed by atoms with Gasteiger partial charge in [0, 0.05) is 25.7 Å². The van der Waals surface area contributed by atoms with Crippen LogP contribution in [0.4, 0.5) is 0 Å². The van der Waals surface area contributed by atoms with Crippen molar-refractivity contribution in [3.8, 4) is 0 Å². The first-order valence-electron chi connectivity index (χ1n) is 6.30. The Morgan fingerprint density at radius 1 is 1.47 bits per heavy atom. The minimum absolute atomic E-state index is 0.105. The molecule has 2 rings (SSSR count). The number of hydrogen-bond acceptors (Lipinski definition) is 4. The third-order valence-corrected chi connectivity index (χ3v) is 3.32. The van der Waals surface area contributed by atoms with E-state index in [9.17, 15) is 9.59 Å². The van der Waals surface area contributed by atoms with Crippen molar-refractivity contribution in [1.82, 2.24) is 20.0 Å². The fourth-order valence-corrected chi connectivity index (χ4v) is 2.34. The average Bonchev–Trinajstić information content (AvgIpc) is 2.71. The van der Waals surface area contributed by atoms with E-state index >= 15 is 0 Å². The van der Waals surface area contributed by atoms with Gasteiger partial charge in [0.2, 0.25) is 0 Å². The predicted molar refractivity (Wildman–Crippen MR) is 69.7 cm³/mol. The molecule has 1 atom stereocenters. The molecule has 1 unspecified atom stereocenters. The molecule has 1 fully saturated rings. The van der Waals surface area contributed by atoms with Gasteiger partial charge in [-0.25, -0.2) is 0 Å². The van der Waals surface area contributed by atoms with Crippen LogP contribution in [0.1, 0.15) is 33.8 Å². The lowest BCUT2D eigenvalue weighted by molar-refractivity contribution is 0.0902. The van der Waals surface area contributed by atoms with Gasteiger partial charge in [0.1, 0.15) is 5.69 Å². The van der Waals surface area contributed by atoms with Crippen LogP contribution in [0.15, 0.2) is 6.07 Å². The second kappa shape index (κ2) is 5.40. The molecule has 1 aliphatic rings. The number of primary amides is 1. The summed E-state index contributed by atoms with van der Waals surface area (Å²) in [4.78, 5) is 25.4. The number of aromatic nitrogens is 2. The van der Waals surface area contributed by atoms with Gasteiger partial charge in [-0.1, -0.05) is 0 Å². The van der Waals surface area contributed by atoms with Crippen LogP contribution in [0.25, 0.3) is 0 Å². The number of rotatable bonds is 3. The zero-order valence-electron chi connectivity index (χ0n) is 11.2. The molecule has 1 saturated heterocycles. The Morgan fingerprint density at radius 2 is 2.21 bits per heavy atom. The Morgan fingerprint density at radius 3 is 2.79 bits per heavy atom. The third kappa shape index (κ3) is 3.11. The van der Waals surface area contributed by atoms with Crippen molar-refractivity contribution in [1.29, 1.82) is 0 Å². The van der Waals surface area contributed by atoms with Gasteiger partial charge in [-0.2, -0.15) is 5.10 Å². The van der Waals surface area contributed by atoms with Crippen molar-refractivity contribution in [2.45, 2.75) is 18.9 Å². The van der Waals surface area contributed by atoms with Gasteiger partial charge in [-0.15, -0.1) is 0 Å².